The molecule has 0 unspecified atom stereocenters. The molecule has 2 heteroatoms. The maximum absolute atomic E-state index is 6.48. The van der Waals surface area contributed by atoms with Gasteiger partial charge in [-0.3, -0.25) is 0 Å². The minimum atomic E-state index is 0.874. The highest BCUT2D eigenvalue weighted by Gasteiger charge is 2.16. The van der Waals surface area contributed by atoms with E-state index in [2.05, 4.69) is 151 Å². The molecule has 1 aromatic heterocycles. The van der Waals surface area contributed by atoms with E-state index in [9.17, 15) is 0 Å². The van der Waals surface area contributed by atoms with Crippen LogP contribution in [-0.2, 0) is 0 Å². The number of fused-ring (bicyclic) bond motifs is 7. The van der Waals surface area contributed by atoms with Crippen LogP contribution in [0.3, 0.4) is 0 Å². The molecule has 0 saturated heterocycles. The maximum Gasteiger partial charge on any atom is 0.159 e. The van der Waals surface area contributed by atoms with E-state index in [0.717, 1.165) is 38.9 Å². The van der Waals surface area contributed by atoms with Crippen molar-refractivity contribution in [2.75, 3.05) is 5.32 Å². The Balaban J connectivity index is 1.12. The van der Waals surface area contributed by atoms with Gasteiger partial charge in [-0.1, -0.05) is 121 Å². The smallest absolute Gasteiger partial charge is 0.159 e. The first kappa shape index (κ1) is 24.7. The van der Waals surface area contributed by atoms with Gasteiger partial charge >= 0.3 is 0 Å². The largest absolute Gasteiger partial charge is 0.454 e. The lowest BCUT2D eigenvalue weighted by molar-refractivity contribution is 0.670. The lowest BCUT2D eigenvalue weighted by Gasteiger charge is -2.15. The number of furan rings is 1. The van der Waals surface area contributed by atoms with E-state index in [0.29, 0.717) is 0 Å². The van der Waals surface area contributed by atoms with Gasteiger partial charge in [-0.05, 0) is 85.4 Å². The van der Waals surface area contributed by atoms with Crippen LogP contribution in [0.15, 0.2) is 162 Å². The molecule has 206 valence electrons. The minimum absolute atomic E-state index is 0.874. The van der Waals surface area contributed by atoms with Crippen molar-refractivity contribution in [3.63, 3.8) is 0 Å². The topological polar surface area (TPSA) is 25.2 Å². The Hall–Kier alpha value is -5.86. The van der Waals surface area contributed by atoms with Crippen LogP contribution in [0.1, 0.15) is 0 Å². The molecule has 0 aliphatic rings. The lowest BCUT2D eigenvalue weighted by atomic mass is 9.96. The second kappa shape index (κ2) is 9.86. The van der Waals surface area contributed by atoms with Crippen LogP contribution in [0.5, 0.6) is 0 Å². The highest BCUT2D eigenvalue weighted by Crippen LogP contribution is 2.41. The molecule has 9 rings (SSSR count). The number of rotatable bonds is 4. The predicted molar refractivity (Wildman–Crippen MR) is 187 cm³/mol. The summed E-state index contributed by atoms with van der Waals surface area (Å²) in [5.74, 6) is 0. The molecule has 9 aromatic rings. The van der Waals surface area contributed by atoms with Gasteiger partial charge in [0.1, 0.15) is 5.58 Å². The molecule has 0 saturated carbocycles. The summed E-state index contributed by atoms with van der Waals surface area (Å²) in [5, 5.41) is 13.4. The monoisotopic (exact) mass is 561 g/mol. The summed E-state index contributed by atoms with van der Waals surface area (Å²) < 4.78 is 6.48. The zero-order valence-corrected chi connectivity index (χ0v) is 23.9. The zero-order chi connectivity index (χ0) is 29.0. The van der Waals surface area contributed by atoms with Gasteiger partial charge in [-0.25, -0.2) is 0 Å². The van der Waals surface area contributed by atoms with Crippen molar-refractivity contribution in [1.29, 1.82) is 0 Å². The van der Waals surface area contributed by atoms with E-state index < -0.39 is 0 Å². The second-order valence-electron chi connectivity index (χ2n) is 11.5. The lowest BCUT2D eigenvalue weighted by Crippen LogP contribution is -1.94. The van der Waals surface area contributed by atoms with Crippen LogP contribution in [0, 0.1) is 0 Å². The normalized spacial score (nSPS) is 11.6. The number of hydrogen-bond donors (Lipinski definition) is 1. The number of benzene rings is 8. The third-order valence-corrected chi connectivity index (χ3v) is 8.80. The highest BCUT2D eigenvalue weighted by atomic mass is 16.3. The van der Waals surface area contributed by atoms with Crippen molar-refractivity contribution in [3.05, 3.63) is 158 Å². The van der Waals surface area contributed by atoms with Gasteiger partial charge in [-0.15, -0.1) is 0 Å². The highest BCUT2D eigenvalue weighted by molar-refractivity contribution is 6.22. The zero-order valence-electron chi connectivity index (χ0n) is 23.9. The first-order chi connectivity index (χ1) is 21.8. The number of para-hydroxylation sites is 2. The molecule has 8 aromatic carbocycles. The van der Waals surface area contributed by atoms with Gasteiger partial charge in [0.2, 0.25) is 0 Å². The maximum atomic E-state index is 6.48. The fourth-order valence-electron chi connectivity index (χ4n) is 6.62. The van der Waals surface area contributed by atoms with E-state index in [1.54, 1.807) is 0 Å². The predicted octanol–water partition coefficient (Wildman–Crippen LogP) is 12.1. The van der Waals surface area contributed by atoms with Crippen molar-refractivity contribution >= 4 is 65.6 Å². The van der Waals surface area contributed by atoms with Crippen molar-refractivity contribution in [2.24, 2.45) is 0 Å². The van der Waals surface area contributed by atoms with Gasteiger partial charge in [0.05, 0.1) is 5.69 Å². The van der Waals surface area contributed by atoms with E-state index >= 15 is 0 Å². The van der Waals surface area contributed by atoms with Crippen LogP contribution in [-0.4, -0.2) is 0 Å². The van der Waals surface area contributed by atoms with E-state index in [1.165, 1.54) is 49.0 Å². The van der Waals surface area contributed by atoms with Crippen molar-refractivity contribution < 1.29 is 4.42 Å². The molecule has 0 bridgehead atoms. The second-order valence-corrected chi connectivity index (χ2v) is 11.5. The van der Waals surface area contributed by atoms with Gasteiger partial charge in [0.25, 0.3) is 0 Å². The third-order valence-electron chi connectivity index (χ3n) is 8.80. The third kappa shape index (κ3) is 4.04. The Morgan fingerprint density at radius 2 is 0.955 bits per heavy atom. The Bertz CT molecular complexity index is 2540. The molecule has 0 aliphatic carbocycles. The summed E-state index contributed by atoms with van der Waals surface area (Å²) in [4.78, 5) is 0. The quantitative estimate of drug-likeness (QED) is 0.231. The summed E-state index contributed by atoms with van der Waals surface area (Å²) in [7, 11) is 0. The fourth-order valence-corrected chi connectivity index (χ4v) is 6.62. The first-order valence-corrected chi connectivity index (χ1v) is 15.0. The van der Waals surface area contributed by atoms with Crippen LogP contribution in [0.25, 0.3) is 76.5 Å². The molecule has 0 aliphatic heterocycles. The van der Waals surface area contributed by atoms with Crippen LogP contribution in [0.2, 0.25) is 0 Å². The fraction of sp³-hybridized carbons (Fsp3) is 0. The summed E-state index contributed by atoms with van der Waals surface area (Å²) in [6, 6.07) is 56.3. The summed E-state index contributed by atoms with van der Waals surface area (Å²) in [6.07, 6.45) is 0. The minimum Gasteiger partial charge on any atom is -0.454 e. The summed E-state index contributed by atoms with van der Waals surface area (Å²) in [5.41, 5.74) is 8.54. The van der Waals surface area contributed by atoms with Gasteiger partial charge in [0.15, 0.2) is 5.58 Å². The average Bonchev–Trinajstić information content (AvgIpc) is 3.48. The Labute approximate surface area is 254 Å². The average molecular weight is 562 g/mol. The summed E-state index contributed by atoms with van der Waals surface area (Å²) >= 11 is 0. The molecule has 0 radical (unpaired) electrons. The Morgan fingerprint density at radius 3 is 1.77 bits per heavy atom. The SMILES string of the molecule is c1ccc(-c2ccc3cc(-c4ccc5ccccc5c4)ccc3c2)c(Nc2cc3ccccc3c3c2oc2ccccc23)c1. The van der Waals surface area contributed by atoms with Gasteiger partial charge in [-0.2, -0.15) is 0 Å². The molecule has 44 heavy (non-hydrogen) atoms. The molecule has 1 heterocycles. The van der Waals surface area contributed by atoms with Crippen LogP contribution < -0.4 is 5.32 Å². The molecular weight excluding hydrogens is 534 g/mol. The Morgan fingerprint density at radius 1 is 0.386 bits per heavy atom. The standard InChI is InChI=1S/C42H27NO/c1-2-10-28-23-29(18-17-27(28)9-1)30-19-20-32-25-34(22-21-31(32)24-30)35-12-5-7-15-38(35)43-39-26-33-11-3-4-13-36(33)41-37-14-6-8-16-40(37)44-42(39)41/h1-26,43H. The van der Waals surface area contributed by atoms with E-state index in [1.807, 2.05) is 12.1 Å². The van der Waals surface area contributed by atoms with Crippen molar-refractivity contribution in [3.8, 4) is 22.3 Å². The van der Waals surface area contributed by atoms with Crippen molar-refractivity contribution in [1.82, 2.24) is 0 Å². The molecule has 1 N–H and O–H groups in total. The van der Waals surface area contributed by atoms with Crippen LogP contribution in [0.4, 0.5) is 11.4 Å². The van der Waals surface area contributed by atoms with E-state index in [4.69, 9.17) is 4.42 Å². The van der Waals surface area contributed by atoms with E-state index in [-0.39, 0.29) is 0 Å². The van der Waals surface area contributed by atoms with Gasteiger partial charge < -0.3 is 9.73 Å². The molecule has 2 nitrogen and oxygen atoms in total. The molecular formula is C42H27NO. The van der Waals surface area contributed by atoms with Gasteiger partial charge in [0, 0.05) is 22.0 Å². The van der Waals surface area contributed by atoms with Crippen LogP contribution >= 0.6 is 0 Å². The Kier molecular flexibility index (Phi) is 5.54. The number of nitrogens with one attached hydrogen (secondary N) is 1. The molecule has 0 fully saturated rings. The first-order valence-electron chi connectivity index (χ1n) is 15.0. The summed E-state index contributed by atoms with van der Waals surface area (Å²) in [6.45, 7) is 0. The number of hydrogen-bond acceptors (Lipinski definition) is 2. The van der Waals surface area contributed by atoms with Crippen molar-refractivity contribution in [2.45, 2.75) is 0 Å². The molecule has 0 spiro atoms. The molecule has 0 amide bonds. The number of anilines is 2. The molecule has 0 atom stereocenters.